The van der Waals surface area contributed by atoms with Crippen LogP contribution in [0.1, 0.15) is 33.1 Å². The van der Waals surface area contributed by atoms with E-state index in [-0.39, 0.29) is 0 Å². The van der Waals surface area contributed by atoms with Gasteiger partial charge >= 0.3 is 0 Å². The fourth-order valence-electron chi connectivity index (χ4n) is 1.52. The molecular formula is C9H19OP. The first kappa shape index (κ1) is 9.32. The molecule has 0 radical (unpaired) electrons. The fraction of sp³-hybridized carbons (Fsp3) is 1.00. The van der Waals surface area contributed by atoms with Crippen LogP contribution in [-0.2, 0) is 4.57 Å². The van der Waals surface area contributed by atoms with Crippen molar-refractivity contribution < 1.29 is 4.57 Å². The molecule has 1 aliphatic heterocycles. The van der Waals surface area contributed by atoms with Gasteiger partial charge in [0.1, 0.15) is 0 Å². The summed E-state index contributed by atoms with van der Waals surface area (Å²) in [7, 11) is -1.55. The molecule has 0 saturated carbocycles. The third-order valence-corrected chi connectivity index (χ3v) is 5.87. The largest absolute Gasteiger partial charge is 0.324 e. The topological polar surface area (TPSA) is 17.1 Å². The molecular weight excluding hydrogens is 155 g/mol. The molecule has 1 nitrogen and oxygen atoms in total. The van der Waals surface area contributed by atoms with E-state index in [1.807, 2.05) is 0 Å². The van der Waals surface area contributed by atoms with Crippen molar-refractivity contribution in [3.05, 3.63) is 0 Å². The third kappa shape index (κ3) is 2.99. The second-order valence-electron chi connectivity index (χ2n) is 4.12. The summed E-state index contributed by atoms with van der Waals surface area (Å²) in [6.07, 6.45) is 6.79. The highest BCUT2D eigenvalue weighted by Gasteiger charge is 2.28. The monoisotopic (exact) mass is 174 g/mol. The number of hydrogen-bond acceptors (Lipinski definition) is 1. The molecule has 1 saturated heterocycles. The van der Waals surface area contributed by atoms with E-state index in [0.29, 0.717) is 0 Å². The Hall–Kier alpha value is 0.230. The van der Waals surface area contributed by atoms with Gasteiger partial charge in [-0.1, -0.05) is 20.3 Å². The lowest BCUT2D eigenvalue weighted by Gasteiger charge is -2.26. The fourth-order valence-corrected chi connectivity index (χ4v) is 3.75. The molecule has 2 heteroatoms. The van der Waals surface area contributed by atoms with Crippen LogP contribution in [-0.4, -0.2) is 18.5 Å². The van der Waals surface area contributed by atoms with Gasteiger partial charge < -0.3 is 4.57 Å². The first-order chi connectivity index (χ1) is 5.12. The van der Waals surface area contributed by atoms with Crippen molar-refractivity contribution in [1.29, 1.82) is 0 Å². The SMILES string of the molecule is CC(C)CCCP1(=O)CCC1. The molecule has 0 atom stereocenters. The average molecular weight is 174 g/mol. The summed E-state index contributed by atoms with van der Waals surface area (Å²) in [5.74, 6) is 0.780. The summed E-state index contributed by atoms with van der Waals surface area (Å²) in [4.78, 5) is 0. The molecule has 0 aromatic carbocycles. The van der Waals surface area contributed by atoms with Crippen LogP contribution >= 0.6 is 7.14 Å². The predicted molar refractivity (Wildman–Crippen MR) is 50.9 cm³/mol. The van der Waals surface area contributed by atoms with Crippen LogP contribution in [0.25, 0.3) is 0 Å². The highest BCUT2D eigenvalue weighted by molar-refractivity contribution is 7.65. The molecule has 0 aromatic heterocycles. The molecule has 1 aliphatic rings. The first-order valence-electron chi connectivity index (χ1n) is 4.69. The van der Waals surface area contributed by atoms with Crippen molar-refractivity contribution in [3.8, 4) is 0 Å². The van der Waals surface area contributed by atoms with Gasteiger partial charge in [0.05, 0.1) is 7.14 Å². The van der Waals surface area contributed by atoms with E-state index in [1.165, 1.54) is 19.3 Å². The standard InChI is InChI=1S/C9H19OP/c1-9(2)5-3-6-11(10)7-4-8-11/h9H,3-8H2,1-2H3. The van der Waals surface area contributed by atoms with E-state index < -0.39 is 7.14 Å². The molecule has 0 aromatic rings. The van der Waals surface area contributed by atoms with Crippen molar-refractivity contribution in [3.63, 3.8) is 0 Å². The van der Waals surface area contributed by atoms with Gasteiger partial charge in [0.25, 0.3) is 0 Å². The lowest BCUT2D eigenvalue weighted by Crippen LogP contribution is -2.12. The Morgan fingerprint density at radius 3 is 2.36 bits per heavy atom. The summed E-state index contributed by atoms with van der Waals surface area (Å²) < 4.78 is 11.7. The van der Waals surface area contributed by atoms with Crippen molar-refractivity contribution in [1.82, 2.24) is 0 Å². The summed E-state index contributed by atoms with van der Waals surface area (Å²) in [6.45, 7) is 4.47. The van der Waals surface area contributed by atoms with Crippen LogP contribution in [0.4, 0.5) is 0 Å². The van der Waals surface area contributed by atoms with Gasteiger partial charge in [-0.3, -0.25) is 0 Å². The van der Waals surface area contributed by atoms with E-state index in [0.717, 1.165) is 24.4 Å². The van der Waals surface area contributed by atoms with Crippen LogP contribution in [0.15, 0.2) is 0 Å². The summed E-state index contributed by atoms with van der Waals surface area (Å²) in [5, 5.41) is 0. The maximum atomic E-state index is 11.7. The Morgan fingerprint density at radius 1 is 1.36 bits per heavy atom. The van der Waals surface area contributed by atoms with Crippen LogP contribution in [0, 0.1) is 5.92 Å². The zero-order chi connectivity index (χ0) is 8.32. The van der Waals surface area contributed by atoms with Crippen LogP contribution in [0.3, 0.4) is 0 Å². The van der Waals surface area contributed by atoms with Crippen molar-refractivity contribution in [2.45, 2.75) is 33.1 Å². The van der Waals surface area contributed by atoms with E-state index in [4.69, 9.17) is 0 Å². The minimum absolute atomic E-state index is 0.780. The molecule has 0 aliphatic carbocycles. The molecule has 11 heavy (non-hydrogen) atoms. The maximum Gasteiger partial charge on any atom is 0.0877 e. The zero-order valence-electron chi connectivity index (χ0n) is 7.68. The van der Waals surface area contributed by atoms with Gasteiger partial charge in [-0.2, -0.15) is 0 Å². The Balaban J connectivity index is 2.07. The number of rotatable bonds is 4. The average Bonchev–Trinajstić information content (AvgIpc) is 1.83. The third-order valence-electron chi connectivity index (χ3n) is 2.48. The Kier molecular flexibility index (Phi) is 3.18. The van der Waals surface area contributed by atoms with Crippen molar-refractivity contribution in [2.75, 3.05) is 18.5 Å². The predicted octanol–water partition coefficient (Wildman–Crippen LogP) is 3.19. The van der Waals surface area contributed by atoms with E-state index in [9.17, 15) is 4.57 Å². The first-order valence-corrected chi connectivity index (χ1v) is 6.96. The Labute approximate surface area is 69.9 Å². The van der Waals surface area contributed by atoms with Gasteiger partial charge in [0.15, 0.2) is 0 Å². The quantitative estimate of drug-likeness (QED) is 0.598. The van der Waals surface area contributed by atoms with Gasteiger partial charge in [-0.05, 0) is 18.8 Å². The molecule has 0 bridgehead atoms. The normalized spacial score (nSPS) is 21.7. The van der Waals surface area contributed by atoms with Gasteiger partial charge in [0.2, 0.25) is 0 Å². The zero-order valence-corrected chi connectivity index (χ0v) is 8.57. The van der Waals surface area contributed by atoms with Gasteiger partial charge in [-0.25, -0.2) is 0 Å². The molecule has 1 heterocycles. The lowest BCUT2D eigenvalue weighted by molar-refractivity contribution is 0.544. The second-order valence-corrected chi connectivity index (χ2v) is 7.58. The molecule has 0 spiro atoms. The van der Waals surface area contributed by atoms with Crippen LogP contribution < -0.4 is 0 Å². The molecule has 1 fully saturated rings. The summed E-state index contributed by atoms with van der Waals surface area (Å²) >= 11 is 0. The summed E-state index contributed by atoms with van der Waals surface area (Å²) in [6, 6.07) is 0. The van der Waals surface area contributed by atoms with Crippen molar-refractivity contribution in [2.24, 2.45) is 5.92 Å². The minimum Gasteiger partial charge on any atom is -0.324 e. The highest BCUT2D eigenvalue weighted by atomic mass is 31.2. The molecule has 0 amide bonds. The maximum absolute atomic E-state index is 11.7. The van der Waals surface area contributed by atoms with Gasteiger partial charge in [0, 0.05) is 18.5 Å². The van der Waals surface area contributed by atoms with E-state index in [2.05, 4.69) is 13.8 Å². The Morgan fingerprint density at radius 2 is 2.00 bits per heavy atom. The van der Waals surface area contributed by atoms with Crippen molar-refractivity contribution >= 4 is 7.14 Å². The smallest absolute Gasteiger partial charge is 0.0877 e. The molecule has 0 unspecified atom stereocenters. The molecule has 66 valence electrons. The second kappa shape index (κ2) is 3.76. The minimum atomic E-state index is -1.55. The summed E-state index contributed by atoms with van der Waals surface area (Å²) in [5.41, 5.74) is 0. The van der Waals surface area contributed by atoms with Crippen LogP contribution in [0.5, 0.6) is 0 Å². The lowest BCUT2D eigenvalue weighted by atomic mass is 10.1. The molecule has 0 N–H and O–H groups in total. The highest BCUT2D eigenvalue weighted by Crippen LogP contribution is 2.55. The van der Waals surface area contributed by atoms with E-state index >= 15 is 0 Å². The molecule has 1 rings (SSSR count). The van der Waals surface area contributed by atoms with Gasteiger partial charge in [-0.15, -0.1) is 0 Å². The Bertz CT molecular complexity index is 155. The van der Waals surface area contributed by atoms with E-state index in [1.54, 1.807) is 0 Å². The number of hydrogen-bond donors (Lipinski definition) is 0. The van der Waals surface area contributed by atoms with Crippen LogP contribution in [0.2, 0.25) is 0 Å².